The van der Waals surface area contributed by atoms with E-state index in [0.717, 1.165) is 57.4 Å². The molecule has 7 nitrogen and oxygen atoms in total. The zero-order valence-corrected chi connectivity index (χ0v) is 22.0. The second-order valence-corrected chi connectivity index (χ2v) is 8.21. The first kappa shape index (κ1) is 33.3. The first-order valence-electron chi connectivity index (χ1n) is 13.0. The molecule has 0 spiro atoms. The van der Waals surface area contributed by atoms with E-state index in [1.165, 1.54) is 0 Å². The molecule has 1 aromatic rings. The van der Waals surface area contributed by atoms with Gasteiger partial charge in [0.15, 0.2) is 6.61 Å². The molecule has 1 aliphatic rings. The minimum Gasteiger partial charge on any atom is -0.487 e. The van der Waals surface area contributed by atoms with Crippen LogP contribution in [0.25, 0.3) is 0 Å². The summed E-state index contributed by atoms with van der Waals surface area (Å²) in [5.41, 5.74) is 0. The number of hydrogen-bond donors (Lipinski definition) is 0. The highest BCUT2D eigenvalue weighted by molar-refractivity contribution is 5.69. The minimum atomic E-state index is -2.89. The van der Waals surface area contributed by atoms with Crippen LogP contribution in [0.15, 0.2) is 42.5 Å². The topological polar surface area (TPSA) is 87.9 Å². The van der Waals surface area contributed by atoms with Crippen LogP contribution in [0.2, 0.25) is 0 Å². The molecule has 0 saturated heterocycles. The fourth-order valence-electron chi connectivity index (χ4n) is 3.32. The summed E-state index contributed by atoms with van der Waals surface area (Å²) in [6.45, 7) is 5.66. The van der Waals surface area contributed by atoms with Gasteiger partial charge in [0.25, 0.3) is 11.0 Å². The van der Waals surface area contributed by atoms with Crippen molar-refractivity contribution in [1.82, 2.24) is 0 Å². The Morgan fingerprint density at radius 1 is 1.08 bits per heavy atom. The summed E-state index contributed by atoms with van der Waals surface area (Å²) in [6.07, 6.45) is 12.0. The van der Waals surface area contributed by atoms with Crippen LogP contribution in [0.3, 0.4) is 0 Å². The Bertz CT molecular complexity index is 709. The molecule has 36 heavy (non-hydrogen) atoms. The molecule has 0 aliphatic heterocycles. The molecule has 206 valence electrons. The van der Waals surface area contributed by atoms with Crippen LogP contribution in [0, 0.1) is 16.0 Å². The molecule has 0 heterocycles. The first-order valence-corrected chi connectivity index (χ1v) is 13.0. The average Bonchev–Trinajstić information content (AvgIpc) is 3.40. The third kappa shape index (κ3) is 19.6. The van der Waals surface area contributed by atoms with Crippen molar-refractivity contribution in [2.45, 2.75) is 90.9 Å². The maximum atomic E-state index is 13.6. The number of unbranched alkanes of at least 4 members (excludes halogenated alkanes) is 3. The molecule has 0 bridgehead atoms. The smallest absolute Gasteiger partial charge is 0.305 e. The Hall–Kier alpha value is -2.71. The highest BCUT2D eigenvalue weighted by Gasteiger charge is 2.27. The van der Waals surface area contributed by atoms with Gasteiger partial charge in [-0.25, -0.2) is 0 Å². The van der Waals surface area contributed by atoms with E-state index in [4.69, 9.17) is 9.47 Å². The van der Waals surface area contributed by atoms with Crippen LogP contribution in [-0.4, -0.2) is 36.8 Å². The van der Waals surface area contributed by atoms with Gasteiger partial charge in [-0.05, 0) is 43.4 Å². The highest BCUT2D eigenvalue weighted by Crippen LogP contribution is 2.27. The number of halogens is 2. The molecule has 1 saturated carbocycles. The Morgan fingerprint density at radius 2 is 1.75 bits per heavy atom. The van der Waals surface area contributed by atoms with E-state index in [1.807, 2.05) is 19.9 Å². The fourth-order valence-corrected chi connectivity index (χ4v) is 3.32. The van der Waals surface area contributed by atoms with E-state index in [1.54, 1.807) is 30.3 Å². The lowest BCUT2D eigenvalue weighted by atomic mass is 10.1. The van der Waals surface area contributed by atoms with Crippen molar-refractivity contribution in [1.29, 1.82) is 0 Å². The van der Waals surface area contributed by atoms with E-state index >= 15 is 0 Å². The van der Waals surface area contributed by atoms with Crippen molar-refractivity contribution in [3.05, 3.63) is 52.6 Å². The van der Waals surface area contributed by atoms with E-state index in [9.17, 15) is 23.7 Å². The lowest BCUT2D eigenvalue weighted by Gasteiger charge is -2.14. The predicted molar refractivity (Wildman–Crippen MR) is 137 cm³/mol. The zero-order valence-electron chi connectivity index (χ0n) is 22.0. The molecule has 9 heteroatoms. The monoisotopic (exact) mass is 515 g/mol. The van der Waals surface area contributed by atoms with Crippen molar-refractivity contribution in [3.8, 4) is 5.75 Å². The summed E-state index contributed by atoms with van der Waals surface area (Å²) in [7, 11) is 0. The van der Waals surface area contributed by atoms with Crippen LogP contribution in [0.4, 0.5) is 8.78 Å². The Balaban J connectivity index is 0.000000642. The number of carbonyl (C=O) groups excluding carboxylic acids is 1. The van der Waals surface area contributed by atoms with E-state index in [2.05, 4.69) is 11.8 Å². The second kappa shape index (κ2) is 21.6. The van der Waals surface area contributed by atoms with E-state index < -0.39 is 17.6 Å². The Labute approximate surface area is 214 Å². The molecule has 1 fully saturated rings. The number of para-hydroxylation sites is 1. The lowest BCUT2D eigenvalue weighted by molar-refractivity contribution is -0.757. The second-order valence-electron chi connectivity index (χ2n) is 8.21. The van der Waals surface area contributed by atoms with Gasteiger partial charge in [-0.1, -0.05) is 77.2 Å². The SMILES string of the molecule is CC.CCCCCCC(=O)OCCCO[N+](=O)[O-].FC(F)(/C=C/C1CCCC1)COc1ccccc1. The molecule has 0 atom stereocenters. The van der Waals surface area contributed by atoms with Gasteiger partial charge in [0.2, 0.25) is 0 Å². The van der Waals surface area contributed by atoms with Gasteiger partial charge in [-0.3, -0.25) is 4.79 Å². The van der Waals surface area contributed by atoms with Crippen LogP contribution in [0.5, 0.6) is 5.75 Å². The van der Waals surface area contributed by atoms with Crippen molar-refractivity contribution >= 4 is 5.97 Å². The molecule has 0 N–H and O–H groups in total. The maximum Gasteiger partial charge on any atom is 0.305 e. The largest absolute Gasteiger partial charge is 0.487 e. The number of alkyl halides is 2. The molecule has 0 unspecified atom stereocenters. The van der Waals surface area contributed by atoms with Gasteiger partial charge >= 0.3 is 5.97 Å². The standard InChI is InChI=1S/C15H18F2O.C10H19NO5.C2H6/c16-15(17,11-10-13-6-4-5-7-13)12-18-14-8-2-1-3-9-14;1-2-3-4-5-7-10(12)15-8-6-9-16-11(13)14;1-2/h1-3,8-11,13H,4-7,12H2;2-9H2,1H3;1-2H3/b11-10+;;. The summed E-state index contributed by atoms with van der Waals surface area (Å²) in [5.74, 6) is -2.32. The van der Waals surface area contributed by atoms with Crippen molar-refractivity contribution in [2.24, 2.45) is 5.92 Å². The molecule has 1 aliphatic carbocycles. The third-order valence-corrected chi connectivity index (χ3v) is 5.17. The fraction of sp³-hybridized carbons (Fsp3) is 0.667. The third-order valence-electron chi connectivity index (χ3n) is 5.17. The number of carbonyl (C=O) groups is 1. The summed E-state index contributed by atoms with van der Waals surface area (Å²) >= 11 is 0. The highest BCUT2D eigenvalue weighted by atomic mass is 19.3. The number of nitrogens with zero attached hydrogens (tertiary/aromatic N) is 1. The summed E-state index contributed by atoms with van der Waals surface area (Å²) in [6, 6.07) is 8.71. The van der Waals surface area contributed by atoms with Crippen molar-refractivity contribution in [3.63, 3.8) is 0 Å². The number of benzene rings is 1. The number of ether oxygens (including phenoxy) is 2. The van der Waals surface area contributed by atoms with E-state index in [0.29, 0.717) is 24.5 Å². The number of hydrogen-bond acceptors (Lipinski definition) is 6. The number of allylic oxidation sites excluding steroid dienone is 1. The summed E-state index contributed by atoms with van der Waals surface area (Å²) < 4.78 is 37.0. The van der Waals surface area contributed by atoms with E-state index in [-0.39, 0.29) is 19.2 Å². The molecular weight excluding hydrogens is 472 g/mol. The summed E-state index contributed by atoms with van der Waals surface area (Å²) in [5, 5.41) is 8.92. The van der Waals surface area contributed by atoms with Crippen molar-refractivity contribution in [2.75, 3.05) is 19.8 Å². The Kier molecular flexibility index (Phi) is 19.9. The van der Waals surface area contributed by atoms with Crippen LogP contribution >= 0.6 is 0 Å². The van der Waals surface area contributed by atoms with Gasteiger partial charge in [-0.2, -0.15) is 8.78 Å². The van der Waals surface area contributed by atoms with Crippen molar-refractivity contribution < 1.29 is 33.0 Å². The van der Waals surface area contributed by atoms with Gasteiger partial charge in [0.05, 0.1) is 13.2 Å². The average molecular weight is 516 g/mol. The van der Waals surface area contributed by atoms with Gasteiger partial charge in [0, 0.05) is 12.8 Å². The van der Waals surface area contributed by atoms with Gasteiger partial charge in [0.1, 0.15) is 5.75 Å². The number of rotatable bonds is 15. The van der Waals surface area contributed by atoms with Gasteiger partial charge in [-0.15, -0.1) is 10.1 Å². The van der Waals surface area contributed by atoms with Crippen LogP contribution in [0.1, 0.15) is 85.0 Å². The maximum absolute atomic E-state index is 13.6. The number of esters is 1. The molecule has 1 aromatic carbocycles. The Morgan fingerprint density at radius 3 is 2.36 bits per heavy atom. The molecule has 0 amide bonds. The molecule has 0 aromatic heterocycles. The lowest BCUT2D eigenvalue weighted by Crippen LogP contribution is -2.23. The predicted octanol–water partition coefficient (Wildman–Crippen LogP) is 7.57. The first-order chi connectivity index (χ1) is 17.3. The van der Waals surface area contributed by atoms with Gasteiger partial charge < -0.3 is 14.3 Å². The minimum absolute atomic E-state index is 0.0316. The molecular formula is C27H43F2NO6. The molecule has 0 radical (unpaired) electrons. The van der Waals surface area contributed by atoms with Crippen LogP contribution in [-0.2, 0) is 14.4 Å². The zero-order chi connectivity index (χ0) is 27.1. The summed E-state index contributed by atoms with van der Waals surface area (Å²) in [4.78, 5) is 24.9. The van der Waals surface area contributed by atoms with Crippen LogP contribution < -0.4 is 4.74 Å². The molecule has 2 rings (SSSR count). The normalized spacial score (nSPS) is 13.2. The quantitative estimate of drug-likeness (QED) is 0.0787.